The molecule has 24 heavy (non-hydrogen) atoms. The highest BCUT2D eigenvalue weighted by Crippen LogP contribution is 2.35. The molecule has 0 aliphatic carbocycles. The van der Waals surface area contributed by atoms with Crippen LogP contribution in [0.3, 0.4) is 0 Å². The normalized spacial score (nSPS) is 14.5. The zero-order valence-electron chi connectivity index (χ0n) is 12.5. The largest absolute Gasteiger partial charge is 0.277 e. The molecule has 1 aliphatic rings. The minimum Gasteiger partial charge on any atom is -0.268 e. The van der Waals surface area contributed by atoms with Gasteiger partial charge in [-0.15, -0.1) is 0 Å². The van der Waals surface area contributed by atoms with Crippen molar-refractivity contribution in [3.05, 3.63) is 74.8 Å². The summed E-state index contributed by atoms with van der Waals surface area (Å²) in [4.78, 5) is 36.2. The number of carbonyl (C=O) groups excluding carboxylic acids is 2. The number of nitro groups is 1. The van der Waals surface area contributed by atoms with E-state index in [1.54, 1.807) is 24.3 Å². The highest BCUT2D eigenvalue weighted by atomic mass is 35.5. The molecule has 2 aromatic carbocycles. The first-order valence-electron chi connectivity index (χ1n) is 7.00. The average molecular weight is 343 g/mol. The Morgan fingerprint density at radius 1 is 0.958 bits per heavy atom. The number of rotatable bonds is 3. The van der Waals surface area contributed by atoms with Crippen molar-refractivity contribution in [1.29, 1.82) is 0 Å². The molecule has 0 bridgehead atoms. The van der Waals surface area contributed by atoms with E-state index in [0.717, 1.165) is 10.5 Å². The van der Waals surface area contributed by atoms with Gasteiger partial charge in [-0.25, -0.2) is 4.90 Å². The molecular formula is C17H11ClN2O4. The van der Waals surface area contributed by atoms with E-state index in [1.165, 1.54) is 24.3 Å². The van der Waals surface area contributed by atoms with Gasteiger partial charge in [0.25, 0.3) is 17.5 Å². The van der Waals surface area contributed by atoms with Crippen molar-refractivity contribution in [2.75, 3.05) is 4.90 Å². The van der Waals surface area contributed by atoms with Gasteiger partial charge in [0.15, 0.2) is 0 Å². The monoisotopic (exact) mass is 342 g/mol. The Morgan fingerprint density at radius 2 is 1.54 bits per heavy atom. The number of non-ortho nitro benzene ring substituents is 1. The summed E-state index contributed by atoms with van der Waals surface area (Å²) in [7, 11) is 0. The van der Waals surface area contributed by atoms with Crippen LogP contribution in [0.5, 0.6) is 0 Å². The lowest BCUT2D eigenvalue weighted by Gasteiger charge is -2.15. The molecule has 0 saturated heterocycles. The topological polar surface area (TPSA) is 80.5 Å². The molecule has 6 nitrogen and oxygen atoms in total. The summed E-state index contributed by atoms with van der Waals surface area (Å²) in [5, 5.41) is 10.5. The van der Waals surface area contributed by atoms with Crippen LogP contribution >= 0.6 is 11.6 Å². The first-order chi connectivity index (χ1) is 11.4. The number of amides is 2. The van der Waals surface area contributed by atoms with Crippen LogP contribution in [-0.2, 0) is 9.59 Å². The van der Waals surface area contributed by atoms with Crippen molar-refractivity contribution >= 4 is 40.4 Å². The lowest BCUT2D eigenvalue weighted by molar-refractivity contribution is -0.384. The predicted molar refractivity (Wildman–Crippen MR) is 89.5 cm³/mol. The molecule has 1 aliphatic heterocycles. The highest BCUT2D eigenvalue weighted by molar-refractivity contribution is 6.60. The van der Waals surface area contributed by atoms with Crippen molar-refractivity contribution in [1.82, 2.24) is 0 Å². The number of hydrogen-bond donors (Lipinski definition) is 0. The molecule has 0 atom stereocenters. The van der Waals surface area contributed by atoms with E-state index in [1.807, 2.05) is 6.92 Å². The van der Waals surface area contributed by atoms with E-state index in [0.29, 0.717) is 11.3 Å². The third-order valence-corrected chi connectivity index (χ3v) is 4.04. The fourth-order valence-corrected chi connectivity index (χ4v) is 2.71. The first kappa shape index (κ1) is 15.9. The van der Waals surface area contributed by atoms with E-state index in [4.69, 9.17) is 11.6 Å². The van der Waals surface area contributed by atoms with E-state index in [9.17, 15) is 19.7 Å². The Balaban J connectivity index is 2.00. The molecule has 0 spiro atoms. The second-order valence-electron chi connectivity index (χ2n) is 5.27. The Morgan fingerprint density at radius 3 is 2.08 bits per heavy atom. The van der Waals surface area contributed by atoms with Gasteiger partial charge in [-0.2, -0.15) is 0 Å². The van der Waals surface area contributed by atoms with Gasteiger partial charge in [0.2, 0.25) is 0 Å². The summed E-state index contributed by atoms with van der Waals surface area (Å²) in [6.07, 6.45) is 0. The maximum absolute atomic E-state index is 12.7. The minimum atomic E-state index is -0.612. The van der Waals surface area contributed by atoms with E-state index < -0.39 is 16.7 Å². The van der Waals surface area contributed by atoms with Crippen LogP contribution < -0.4 is 4.90 Å². The van der Waals surface area contributed by atoms with Gasteiger partial charge in [-0.1, -0.05) is 29.3 Å². The van der Waals surface area contributed by atoms with Crippen molar-refractivity contribution in [2.24, 2.45) is 0 Å². The average Bonchev–Trinajstić information content (AvgIpc) is 2.78. The van der Waals surface area contributed by atoms with Gasteiger partial charge in [0.05, 0.1) is 16.2 Å². The van der Waals surface area contributed by atoms with Gasteiger partial charge in [0.1, 0.15) is 5.03 Å². The predicted octanol–water partition coefficient (Wildman–Crippen LogP) is 3.43. The van der Waals surface area contributed by atoms with Gasteiger partial charge < -0.3 is 0 Å². The van der Waals surface area contributed by atoms with E-state index in [2.05, 4.69) is 0 Å². The standard InChI is InChI=1S/C17H11ClN2O4/c1-10-2-6-12(7-3-10)19-16(21)14(15(18)17(19)22)11-4-8-13(9-5-11)20(23)24/h2-9H,1H3. The number of halogens is 1. The molecule has 120 valence electrons. The number of anilines is 1. The maximum Gasteiger partial charge on any atom is 0.277 e. The van der Waals surface area contributed by atoms with Crippen molar-refractivity contribution < 1.29 is 14.5 Å². The zero-order chi connectivity index (χ0) is 17.4. The smallest absolute Gasteiger partial charge is 0.268 e. The summed E-state index contributed by atoms with van der Waals surface area (Å²) in [6.45, 7) is 1.89. The first-order valence-corrected chi connectivity index (χ1v) is 7.38. The highest BCUT2D eigenvalue weighted by Gasteiger charge is 2.39. The number of carbonyl (C=O) groups is 2. The molecule has 0 fully saturated rings. The summed E-state index contributed by atoms with van der Waals surface area (Å²) in [5.41, 5.74) is 1.71. The van der Waals surface area contributed by atoms with E-state index >= 15 is 0 Å². The lowest BCUT2D eigenvalue weighted by Crippen LogP contribution is -2.31. The molecule has 0 N–H and O–H groups in total. The zero-order valence-corrected chi connectivity index (χ0v) is 13.3. The number of aryl methyl sites for hydroxylation is 1. The van der Waals surface area contributed by atoms with Gasteiger partial charge >= 0.3 is 0 Å². The van der Waals surface area contributed by atoms with Gasteiger partial charge in [-0.05, 0) is 36.8 Å². The molecule has 7 heteroatoms. The van der Waals surface area contributed by atoms with Crippen LogP contribution in [0.1, 0.15) is 11.1 Å². The van der Waals surface area contributed by atoms with Crippen LogP contribution in [0.4, 0.5) is 11.4 Å². The molecule has 2 aromatic rings. The number of nitro benzene ring substituents is 1. The Bertz CT molecular complexity index is 886. The molecule has 1 heterocycles. The van der Waals surface area contributed by atoms with Crippen LogP contribution in [0.25, 0.3) is 5.57 Å². The van der Waals surface area contributed by atoms with Crippen LogP contribution in [0, 0.1) is 17.0 Å². The molecular weight excluding hydrogens is 332 g/mol. The van der Waals surface area contributed by atoms with Crippen LogP contribution in [0.15, 0.2) is 53.6 Å². The molecule has 3 rings (SSSR count). The Kier molecular flexibility index (Phi) is 3.91. The summed E-state index contributed by atoms with van der Waals surface area (Å²) < 4.78 is 0. The number of benzene rings is 2. The van der Waals surface area contributed by atoms with E-state index in [-0.39, 0.29) is 16.3 Å². The van der Waals surface area contributed by atoms with Crippen molar-refractivity contribution in [3.63, 3.8) is 0 Å². The van der Waals surface area contributed by atoms with Crippen molar-refractivity contribution in [3.8, 4) is 0 Å². The Hall–Kier alpha value is -2.99. The molecule has 0 radical (unpaired) electrons. The maximum atomic E-state index is 12.7. The summed E-state index contributed by atoms with van der Waals surface area (Å²) in [6, 6.07) is 12.2. The van der Waals surface area contributed by atoms with Gasteiger partial charge in [-0.3, -0.25) is 19.7 Å². The summed E-state index contributed by atoms with van der Waals surface area (Å²) in [5.74, 6) is -1.17. The van der Waals surface area contributed by atoms with Crippen LogP contribution in [0.2, 0.25) is 0 Å². The molecule has 0 saturated carbocycles. The third-order valence-electron chi connectivity index (χ3n) is 3.69. The molecule has 0 unspecified atom stereocenters. The number of nitrogens with zero attached hydrogens (tertiary/aromatic N) is 2. The van der Waals surface area contributed by atoms with Crippen molar-refractivity contribution in [2.45, 2.75) is 6.92 Å². The fourth-order valence-electron chi connectivity index (χ4n) is 2.43. The van der Waals surface area contributed by atoms with Crippen LogP contribution in [-0.4, -0.2) is 16.7 Å². The Labute approximate surface area is 142 Å². The minimum absolute atomic E-state index is 0.0390. The molecule has 2 amide bonds. The lowest BCUT2D eigenvalue weighted by atomic mass is 10.1. The SMILES string of the molecule is Cc1ccc(N2C(=O)C(Cl)=C(c3ccc([N+](=O)[O-])cc3)C2=O)cc1. The third kappa shape index (κ3) is 2.57. The number of hydrogen-bond acceptors (Lipinski definition) is 4. The second kappa shape index (κ2) is 5.90. The second-order valence-corrected chi connectivity index (χ2v) is 5.65. The quantitative estimate of drug-likeness (QED) is 0.486. The fraction of sp³-hybridized carbons (Fsp3) is 0.0588. The summed E-state index contributed by atoms with van der Waals surface area (Å²) >= 11 is 6.07. The number of imide groups is 1. The molecule has 0 aromatic heterocycles. The van der Waals surface area contributed by atoms with Gasteiger partial charge in [0, 0.05) is 12.1 Å².